The Bertz CT molecular complexity index is 706. The minimum atomic E-state index is -1.02. The molecule has 0 spiro atoms. The first-order valence-electron chi connectivity index (χ1n) is 7.57. The zero-order valence-electron chi connectivity index (χ0n) is 13.3. The molecule has 0 saturated heterocycles. The van der Waals surface area contributed by atoms with Crippen molar-refractivity contribution in [2.45, 2.75) is 39.8 Å². The number of hydrazine groups is 1. The van der Waals surface area contributed by atoms with Crippen molar-refractivity contribution in [2.75, 3.05) is 6.54 Å². The van der Waals surface area contributed by atoms with Gasteiger partial charge in [0.25, 0.3) is 5.91 Å². The number of carbonyl (C=O) groups is 2. The smallest absolute Gasteiger partial charge is 0.308 e. The minimum absolute atomic E-state index is 0.0934. The molecule has 0 aromatic carbocycles. The normalized spacial score (nSPS) is 15.2. The maximum atomic E-state index is 12.4. The lowest BCUT2D eigenvalue weighted by atomic mass is 9.99. The number of amides is 1. The van der Waals surface area contributed by atoms with Crippen LogP contribution in [-0.2, 0) is 22.7 Å². The summed E-state index contributed by atoms with van der Waals surface area (Å²) in [6, 6.07) is 1.50. The van der Waals surface area contributed by atoms with Crippen LogP contribution >= 0.6 is 0 Å². The zero-order chi connectivity index (χ0) is 17.0. The quantitative estimate of drug-likeness (QED) is 0.813. The maximum absolute atomic E-state index is 12.4. The van der Waals surface area contributed by atoms with Crippen LogP contribution in [0.3, 0.4) is 0 Å². The van der Waals surface area contributed by atoms with E-state index in [0.717, 1.165) is 12.1 Å². The molecule has 2 N–H and O–H groups in total. The topological polar surface area (TPSA) is 91.6 Å². The molecule has 7 heteroatoms. The summed E-state index contributed by atoms with van der Waals surface area (Å²) in [4.78, 5) is 35.1. The monoisotopic (exact) mass is 319 g/mol. The van der Waals surface area contributed by atoms with Gasteiger partial charge in [-0.3, -0.25) is 19.4 Å². The third-order valence-electron chi connectivity index (χ3n) is 3.94. The summed E-state index contributed by atoms with van der Waals surface area (Å²) < 4.78 is 1.89. The second kappa shape index (κ2) is 7.23. The number of nitrogens with zero attached hydrogens (tertiary/aromatic N) is 2. The number of nitrogens with one attached hydrogen (secondary N) is 1. The summed E-state index contributed by atoms with van der Waals surface area (Å²) in [6.45, 7) is 5.19. The lowest BCUT2D eigenvalue weighted by Crippen LogP contribution is -2.47. The van der Waals surface area contributed by atoms with Crippen LogP contribution in [0.2, 0.25) is 0 Å². The second-order valence-corrected chi connectivity index (χ2v) is 5.54. The molecule has 0 radical (unpaired) electrons. The number of carboxylic acids is 1. The van der Waals surface area contributed by atoms with Gasteiger partial charge in [-0.1, -0.05) is 5.57 Å². The van der Waals surface area contributed by atoms with Crippen molar-refractivity contribution in [1.29, 1.82) is 0 Å². The molecular formula is C16H21N3O4. The summed E-state index contributed by atoms with van der Waals surface area (Å²) in [6.07, 6.45) is 3.81. The molecule has 0 saturated carbocycles. The number of aliphatic carboxylic acids is 1. The molecule has 1 amide bonds. The molecule has 23 heavy (non-hydrogen) atoms. The first-order chi connectivity index (χ1) is 10.9. The highest BCUT2D eigenvalue weighted by atomic mass is 16.4. The van der Waals surface area contributed by atoms with Crippen LogP contribution in [0.1, 0.15) is 32.3 Å². The fourth-order valence-electron chi connectivity index (χ4n) is 2.49. The highest BCUT2D eigenvalue weighted by Crippen LogP contribution is 2.20. The number of carbonyl (C=O) groups excluding carboxylic acids is 1. The van der Waals surface area contributed by atoms with Crippen LogP contribution in [0.25, 0.3) is 0 Å². The van der Waals surface area contributed by atoms with Gasteiger partial charge in [0.1, 0.15) is 0 Å². The number of aryl methyl sites for hydroxylation is 1. The van der Waals surface area contributed by atoms with E-state index >= 15 is 0 Å². The summed E-state index contributed by atoms with van der Waals surface area (Å²) >= 11 is 0. The first-order valence-corrected chi connectivity index (χ1v) is 7.57. The predicted molar refractivity (Wildman–Crippen MR) is 84.5 cm³/mol. The maximum Gasteiger partial charge on any atom is 0.308 e. The van der Waals surface area contributed by atoms with Crippen LogP contribution < -0.4 is 10.9 Å². The highest BCUT2D eigenvalue weighted by molar-refractivity contribution is 5.98. The van der Waals surface area contributed by atoms with Gasteiger partial charge in [0.15, 0.2) is 5.43 Å². The van der Waals surface area contributed by atoms with Gasteiger partial charge >= 0.3 is 5.97 Å². The Morgan fingerprint density at radius 1 is 1.39 bits per heavy atom. The summed E-state index contributed by atoms with van der Waals surface area (Å²) in [7, 11) is 0. The lowest BCUT2D eigenvalue weighted by Gasteiger charge is -2.29. The van der Waals surface area contributed by atoms with Crippen molar-refractivity contribution in [3.05, 3.63) is 45.4 Å². The van der Waals surface area contributed by atoms with E-state index in [1.54, 1.807) is 19.3 Å². The molecule has 2 heterocycles. The van der Waals surface area contributed by atoms with E-state index in [9.17, 15) is 14.4 Å². The molecule has 1 aromatic rings. The van der Waals surface area contributed by atoms with E-state index in [1.165, 1.54) is 11.1 Å². The minimum Gasteiger partial charge on any atom is -0.481 e. The van der Waals surface area contributed by atoms with Crippen molar-refractivity contribution in [3.63, 3.8) is 0 Å². The third kappa shape index (κ3) is 4.07. The molecule has 0 fully saturated rings. The lowest BCUT2D eigenvalue weighted by molar-refractivity contribution is -0.139. The van der Waals surface area contributed by atoms with E-state index in [0.29, 0.717) is 24.1 Å². The fourth-order valence-corrected chi connectivity index (χ4v) is 2.49. The van der Waals surface area contributed by atoms with E-state index in [-0.39, 0.29) is 24.3 Å². The SMILES string of the molecule is CCn1ccc(=O)c(CNN2CCC(C)=C(CC(=O)O)C2=O)c1. The van der Waals surface area contributed by atoms with Crippen LogP contribution in [0.5, 0.6) is 0 Å². The van der Waals surface area contributed by atoms with Crippen LogP contribution in [0.4, 0.5) is 0 Å². The molecule has 0 atom stereocenters. The summed E-state index contributed by atoms with van der Waals surface area (Å²) in [5.41, 5.74) is 4.54. The molecule has 1 aliphatic rings. The van der Waals surface area contributed by atoms with Crippen molar-refractivity contribution in [2.24, 2.45) is 0 Å². The Morgan fingerprint density at radius 3 is 2.78 bits per heavy atom. The average molecular weight is 319 g/mol. The number of aromatic nitrogens is 1. The molecule has 0 aliphatic carbocycles. The number of rotatable bonds is 6. The predicted octanol–water partition coefficient (Wildman–Crippen LogP) is 0.896. The molecule has 1 aromatic heterocycles. The molecule has 2 rings (SSSR count). The van der Waals surface area contributed by atoms with Crippen molar-refractivity contribution in [1.82, 2.24) is 15.0 Å². The summed E-state index contributed by atoms with van der Waals surface area (Å²) in [5.74, 6) is -1.36. The van der Waals surface area contributed by atoms with Gasteiger partial charge in [-0.15, -0.1) is 0 Å². The number of hydrogen-bond acceptors (Lipinski definition) is 4. The van der Waals surface area contributed by atoms with Gasteiger partial charge in [0, 0.05) is 49.2 Å². The first kappa shape index (κ1) is 17.0. The number of carboxylic acid groups (broad SMARTS) is 1. The van der Waals surface area contributed by atoms with Gasteiger partial charge in [-0.25, -0.2) is 5.43 Å². The van der Waals surface area contributed by atoms with Gasteiger partial charge in [-0.05, 0) is 20.3 Å². The zero-order valence-corrected chi connectivity index (χ0v) is 13.3. The van der Waals surface area contributed by atoms with Gasteiger partial charge < -0.3 is 9.67 Å². The van der Waals surface area contributed by atoms with E-state index in [2.05, 4.69) is 5.43 Å². The van der Waals surface area contributed by atoms with Crippen molar-refractivity contribution < 1.29 is 14.7 Å². The summed E-state index contributed by atoms with van der Waals surface area (Å²) in [5, 5.41) is 10.3. The van der Waals surface area contributed by atoms with Crippen LogP contribution in [0, 0.1) is 0 Å². The van der Waals surface area contributed by atoms with Gasteiger partial charge in [0.05, 0.1) is 6.42 Å². The molecular weight excluding hydrogens is 298 g/mol. The second-order valence-electron chi connectivity index (χ2n) is 5.54. The standard InChI is InChI=1S/C16H21N3O4/c1-3-18-6-5-14(20)12(10-18)9-17-19-7-4-11(2)13(16(19)23)8-15(21)22/h5-6,10,17H,3-4,7-9H2,1-2H3,(H,21,22). The highest BCUT2D eigenvalue weighted by Gasteiger charge is 2.26. The molecule has 0 unspecified atom stereocenters. The third-order valence-corrected chi connectivity index (χ3v) is 3.94. The van der Waals surface area contributed by atoms with Crippen LogP contribution in [-0.4, -0.2) is 33.1 Å². The fraction of sp³-hybridized carbons (Fsp3) is 0.438. The van der Waals surface area contributed by atoms with Crippen LogP contribution in [0.15, 0.2) is 34.4 Å². The Hall–Kier alpha value is -2.41. The average Bonchev–Trinajstić information content (AvgIpc) is 2.52. The Morgan fingerprint density at radius 2 is 2.13 bits per heavy atom. The molecule has 0 bridgehead atoms. The number of pyridine rings is 1. The van der Waals surface area contributed by atoms with Crippen molar-refractivity contribution >= 4 is 11.9 Å². The Labute approximate surface area is 134 Å². The number of hydrogen-bond donors (Lipinski definition) is 2. The largest absolute Gasteiger partial charge is 0.481 e. The van der Waals surface area contributed by atoms with E-state index < -0.39 is 5.97 Å². The Kier molecular flexibility index (Phi) is 5.33. The van der Waals surface area contributed by atoms with Gasteiger partial charge in [0.2, 0.25) is 0 Å². The van der Waals surface area contributed by atoms with Gasteiger partial charge in [-0.2, -0.15) is 0 Å². The van der Waals surface area contributed by atoms with E-state index in [1.807, 2.05) is 11.5 Å². The van der Waals surface area contributed by atoms with Crippen molar-refractivity contribution in [3.8, 4) is 0 Å². The Balaban J connectivity index is 2.08. The molecule has 124 valence electrons. The van der Waals surface area contributed by atoms with E-state index in [4.69, 9.17) is 5.11 Å². The molecule has 7 nitrogen and oxygen atoms in total. The molecule has 1 aliphatic heterocycles.